The molecule has 0 fully saturated rings. The second-order valence-electron chi connectivity index (χ2n) is 4.51. The van der Waals surface area contributed by atoms with E-state index in [-0.39, 0.29) is 11.5 Å². The number of pyridine rings is 1. The lowest BCUT2D eigenvalue weighted by molar-refractivity contribution is -0.117. The standard InChI is InChI=1S/C18H15N3O/c19-12-17(10-4-8-15-9-5-11-20-13-15)18(22)21-14-16-6-2-1-3-7-16/h1-11,13H,14H2,(H,21,22)/b8-4+,17-10+. The minimum atomic E-state index is -0.387. The van der Waals surface area contributed by atoms with E-state index in [4.69, 9.17) is 5.26 Å². The highest BCUT2D eigenvalue weighted by Gasteiger charge is 2.06. The lowest BCUT2D eigenvalue weighted by Gasteiger charge is -2.03. The van der Waals surface area contributed by atoms with Gasteiger partial charge in [-0.15, -0.1) is 0 Å². The molecule has 0 unspecified atom stereocenters. The zero-order valence-electron chi connectivity index (χ0n) is 11.9. The van der Waals surface area contributed by atoms with Gasteiger partial charge in [0.15, 0.2) is 0 Å². The molecule has 1 aromatic heterocycles. The number of allylic oxidation sites excluding steroid dienone is 2. The molecule has 0 bridgehead atoms. The molecule has 0 spiro atoms. The van der Waals surface area contributed by atoms with Crippen LogP contribution in [-0.4, -0.2) is 10.9 Å². The van der Waals surface area contributed by atoms with Gasteiger partial charge in [0.25, 0.3) is 5.91 Å². The van der Waals surface area contributed by atoms with Crippen LogP contribution < -0.4 is 5.32 Å². The summed E-state index contributed by atoms with van der Waals surface area (Å²) in [5.41, 5.74) is 1.95. The molecule has 0 radical (unpaired) electrons. The van der Waals surface area contributed by atoms with Gasteiger partial charge in [-0.05, 0) is 23.3 Å². The van der Waals surface area contributed by atoms with Crippen LogP contribution >= 0.6 is 0 Å². The van der Waals surface area contributed by atoms with Crippen LogP contribution in [0.4, 0.5) is 0 Å². The summed E-state index contributed by atoms with van der Waals surface area (Å²) in [5, 5.41) is 11.8. The van der Waals surface area contributed by atoms with E-state index < -0.39 is 0 Å². The zero-order valence-corrected chi connectivity index (χ0v) is 11.9. The Bertz CT molecular complexity index is 713. The highest BCUT2D eigenvalue weighted by atomic mass is 16.1. The largest absolute Gasteiger partial charge is 0.347 e. The van der Waals surface area contributed by atoms with Gasteiger partial charge in [0.2, 0.25) is 0 Å². The Morgan fingerprint density at radius 2 is 2.05 bits per heavy atom. The summed E-state index contributed by atoms with van der Waals surface area (Å²) in [6.07, 6.45) is 8.33. The molecule has 0 aliphatic heterocycles. The lowest BCUT2D eigenvalue weighted by atomic mass is 10.2. The zero-order chi connectivity index (χ0) is 15.6. The summed E-state index contributed by atoms with van der Waals surface area (Å²) in [4.78, 5) is 15.9. The quantitative estimate of drug-likeness (QED) is 0.523. The second-order valence-corrected chi connectivity index (χ2v) is 4.51. The molecule has 1 N–H and O–H groups in total. The summed E-state index contributed by atoms with van der Waals surface area (Å²) >= 11 is 0. The van der Waals surface area contributed by atoms with Gasteiger partial charge in [-0.1, -0.05) is 48.6 Å². The molecule has 1 amide bonds. The summed E-state index contributed by atoms with van der Waals surface area (Å²) < 4.78 is 0. The third-order valence-corrected chi connectivity index (χ3v) is 2.90. The van der Waals surface area contributed by atoms with Crippen LogP contribution in [-0.2, 0) is 11.3 Å². The molecule has 2 rings (SSSR count). The fraction of sp³-hybridized carbons (Fsp3) is 0.0556. The lowest BCUT2D eigenvalue weighted by Crippen LogP contribution is -2.23. The molecular formula is C18H15N3O. The first-order valence-electron chi connectivity index (χ1n) is 6.80. The number of carbonyl (C=O) groups is 1. The average molecular weight is 289 g/mol. The van der Waals surface area contributed by atoms with Crippen molar-refractivity contribution in [1.29, 1.82) is 5.26 Å². The SMILES string of the molecule is N#C/C(=C\C=C\c1cccnc1)C(=O)NCc1ccccc1. The molecule has 0 aliphatic rings. The molecule has 0 saturated heterocycles. The predicted octanol–water partition coefficient (Wildman–Crippen LogP) is 2.86. The smallest absolute Gasteiger partial charge is 0.262 e. The maximum Gasteiger partial charge on any atom is 0.262 e. The van der Waals surface area contributed by atoms with E-state index in [0.29, 0.717) is 6.54 Å². The molecule has 0 aliphatic carbocycles. The van der Waals surface area contributed by atoms with Crippen LogP contribution in [0, 0.1) is 11.3 Å². The third kappa shape index (κ3) is 4.73. The summed E-state index contributed by atoms with van der Waals surface area (Å²) in [6.45, 7) is 0.394. The Morgan fingerprint density at radius 1 is 1.23 bits per heavy atom. The van der Waals surface area contributed by atoms with Crippen molar-refractivity contribution < 1.29 is 4.79 Å². The highest BCUT2D eigenvalue weighted by Crippen LogP contribution is 2.02. The Morgan fingerprint density at radius 3 is 2.73 bits per heavy atom. The minimum absolute atomic E-state index is 0.0658. The summed E-state index contributed by atoms with van der Waals surface area (Å²) in [7, 11) is 0. The van der Waals surface area contributed by atoms with Crippen LogP contribution in [0.15, 0.2) is 72.6 Å². The topological polar surface area (TPSA) is 65.8 Å². The molecule has 0 saturated carbocycles. The maximum absolute atomic E-state index is 11.9. The van der Waals surface area contributed by atoms with E-state index >= 15 is 0 Å². The van der Waals surface area contributed by atoms with Gasteiger partial charge >= 0.3 is 0 Å². The number of nitrogens with zero attached hydrogens (tertiary/aromatic N) is 2. The number of aromatic nitrogens is 1. The first-order valence-corrected chi connectivity index (χ1v) is 6.80. The molecule has 1 aromatic carbocycles. The summed E-state index contributed by atoms with van der Waals surface area (Å²) in [6, 6.07) is 15.2. The van der Waals surface area contributed by atoms with Crippen molar-refractivity contribution in [3.63, 3.8) is 0 Å². The van der Waals surface area contributed by atoms with E-state index in [1.54, 1.807) is 24.5 Å². The van der Waals surface area contributed by atoms with E-state index in [9.17, 15) is 4.79 Å². The van der Waals surface area contributed by atoms with Gasteiger partial charge in [-0.2, -0.15) is 5.26 Å². The van der Waals surface area contributed by atoms with E-state index in [1.165, 1.54) is 6.08 Å². The van der Waals surface area contributed by atoms with Crippen molar-refractivity contribution in [2.24, 2.45) is 0 Å². The van der Waals surface area contributed by atoms with Crippen molar-refractivity contribution in [3.05, 3.63) is 83.7 Å². The van der Waals surface area contributed by atoms with E-state index in [0.717, 1.165) is 11.1 Å². The molecule has 0 atom stereocenters. The van der Waals surface area contributed by atoms with E-state index in [1.807, 2.05) is 48.5 Å². The number of nitriles is 1. The first-order chi connectivity index (χ1) is 10.8. The van der Waals surface area contributed by atoms with Gasteiger partial charge < -0.3 is 5.32 Å². The third-order valence-electron chi connectivity index (χ3n) is 2.90. The second kappa shape index (κ2) is 8.18. The Hall–Kier alpha value is -3.19. The van der Waals surface area contributed by atoms with Crippen molar-refractivity contribution >= 4 is 12.0 Å². The average Bonchev–Trinajstić information content (AvgIpc) is 2.58. The van der Waals surface area contributed by atoms with Crippen LogP contribution in [0.25, 0.3) is 6.08 Å². The number of carbonyl (C=O) groups excluding carboxylic acids is 1. The van der Waals surface area contributed by atoms with Crippen molar-refractivity contribution in [1.82, 2.24) is 10.3 Å². The number of nitrogens with one attached hydrogen (secondary N) is 1. The van der Waals surface area contributed by atoms with Crippen LogP contribution in [0.1, 0.15) is 11.1 Å². The Labute approximate surface area is 129 Å². The normalized spacial score (nSPS) is 11.1. The fourth-order valence-electron chi connectivity index (χ4n) is 1.77. The molecule has 1 heterocycles. The van der Waals surface area contributed by atoms with Crippen LogP contribution in [0.5, 0.6) is 0 Å². The molecule has 2 aromatic rings. The number of benzene rings is 1. The maximum atomic E-state index is 11.9. The van der Waals surface area contributed by atoms with Crippen LogP contribution in [0.2, 0.25) is 0 Å². The fourth-order valence-corrected chi connectivity index (χ4v) is 1.77. The molecule has 4 heteroatoms. The van der Waals surface area contributed by atoms with Gasteiger partial charge in [0.1, 0.15) is 11.6 Å². The molecular weight excluding hydrogens is 274 g/mol. The number of hydrogen-bond donors (Lipinski definition) is 1. The predicted molar refractivity (Wildman–Crippen MR) is 85.3 cm³/mol. The highest BCUT2D eigenvalue weighted by molar-refractivity contribution is 5.97. The van der Waals surface area contributed by atoms with Gasteiger partial charge in [0.05, 0.1) is 0 Å². The minimum Gasteiger partial charge on any atom is -0.347 e. The van der Waals surface area contributed by atoms with Crippen molar-refractivity contribution in [3.8, 4) is 6.07 Å². The molecule has 108 valence electrons. The monoisotopic (exact) mass is 289 g/mol. The van der Waals surface area contributed by atoms with E-state index in [2.05, 4.69) is 10.3 Å². The first kappa shape index (κ1) is 15.2. The van der Waals surface area contributed by atoms with Gasteiger partial charge in [0, 0.05) is 18.9 Å². The van der Waals surface area contributed by atoms with Gasteiger partial charge in [-0.3, -0.25) is 9.78 Å². The Balaban J connectivity index is 1.95. The summed E-state index contributed by atoms with van der Waals surface area (Å²) in [5.74, 6) is -0.387. The number of rotatable bonds is 5. The van der Waals surface area contributed by atoms with Crippen molar-refractivity contribution in [2.45, 2.75) is 6.54 Å². The van der Waals surface area contributed by atoms with Crippen LogP contribution in [0.3, 0.4) is 0 Å². The van der Waals surface area contributed by atoms with Gasteiger partial charge in [-0.25, -0.2) is 0 Å². The molecule has 22 heavy (non-hydrogen) atoms. The van der Waals surface area contributed by atoms with Crippen molar-refractivity contribution in [2.75, 3.05) is 0 Å². The Kier molecular flexibility index (Phi) is 5.65. The number of amides is 1. The molecule has 4 nitrogen and oxygen atoms in total. The number of hydrogen-bond acceptors (Lipinski definition) is 3.